The Kier molecular flexibility index (Phi) is 9.57. The zero-order valence-corrected chi connectivity index (χ0v) is 24.3. The highest BCUT2D eigenvalue weighted by Gasteiger charge is 2.48. The molecule has 0 bridgehead atoms. The molecule has 2 amide bonds. The lowest BCUT2D eigenvalue weighted by atomic mass is 9.83. The Hall–Kier alpha value is -2.61. The van der Waals surface area contributed by atoms with E-state index in [1.54, 1.807) is 0 Å². The molecular formula is C31H47N3O5. The molecule has 1 N–H and O–H groups in total. The van der Waals surface area contributed by atoms with Gasteiger partial charge in [0.15, 0.2) is 0 Å². The van der Waals surface area contributed by atoms with E-state index in [0.717, 1.165) is 68.5 Å². The molecular weight excluding hydrogens is 494 g/mol. The van der Waals surface area contributed by atoms with E-state index >= 15 is 0 Å². The van der Waals surface area contributed by atoms with E-state index in [1.807, 2.05) is 35.8 Å². The SMILES string of the molecule is CCCCN(CCCC)C(=O)CN1C[C@H](c2ccc3c(c2)CCO3)C(C(=O)O)[C@@H]1CCN1CCC(C)(C)C1=O. The first-order valence-electron chi connectivity index (χ1n) is 15.0. The topological polar surface area (TPSA) is 90.4 Å². The van der Waals surface area contributed by atoms with E-state index in [-0.39, 0.29) is 35.7 Å². The van der Waals surface area contributed by atoms with Gasteiger partial charge in [-0.1, -0.05) is 52.7 Å². The van der Waals surface area contributed by atoms with E-state index in [1.165, 1.54) is 0 Å². The number of carbonyl (C=O) groups excluding carboxylic acids is 2. The number of amides is 2. The number of carboxylic acids is 1. The summed E-state index contributed by atoms with van der Waals surface area (Å²) in [6, 6.07) is 5.74. The summed E-state index contributed by atoms with van der Waals surface area (Å²) in [7, 11) is 0. The van der Waals surface area contributed by atoms with E-state index in [0.29, 0.717) is 32.7 Å². The first kappa shape index (κ1) is 29.4. The average molecular weight is 542 g/mol. The minimum atomic E-state index is -0.835. The molecule has 3 aliphatic rings. The van der Waals surface area contributed by atoms with Gasteiger partial charge in [0.05, 0.1) is 19.1 Å². The van der Waals surface area contributed by atoms with Crippen molar-refractivity contribution in [1.82, 2.24) is 14.7 Å². The lowest BCUT2D eigenvalue weighted by Gasteiger charge is -2.31. The van der Waals surface area contributed by atoms with Gasteiger partial charge in [-0.25, -0.2) is 0 Å². The summed E-state index contributed by atoms with van der Waals surface area (Å²) in [6.07, 6.45) is 6.15. The van der Waals surface area contributed by atoms with Crippen LogP contribution in [-0.4, -0.2) is 89.5 Å². The Labute approximate surface area is 233 Å². The number of nitrogens with zero attached hydrogens (tertiary/aromatic N) is 3. The number of benzene rings is 1. The number of fused-ring (bicyclic) bond motifs is 1. The number of aliphatic carboxylic acids is 1. The molecule has 0 aliphatic carbocycles. The number of carboxylic acid groups (broad SMARTS) is 1. The number of hydrogen-bond acceptors (Lipinski definition) is 5. The van der Waals surface area contributed by atoms with Gasteiger partial charge >= 0.3 is 5.97 Å². The van der Waals surface area contributed by atoms with E-state index < -0.39 is 11.9 Å². The minimum Gasteiger partial charge on any atom is -0.493 e. The summed E-state index contributed by atoms with van der Waals surface area (Å²) in [5, 5.41) is 10.5. The zero-order chi connectivity index (χ0) is 28.2. The van der Waals surface area contributed by atoms with Gasteiger partial charge < -0.3 is 19.6 Å². The average Bonchev–Trinajstić information content (AvgIpc) is 3.58. The molecule has 216 valence electrons. The number of carbonyl (C=O) groups is 3. The summed E-state index contributed by atoms with van der Waals surface area (Å²) < 4.78 is 5.68. The van der Waals surface area contributed by atoms with Crippen LogP contribution in [0.2, 0.25) is 0 Å². The fourth-order valence-corrected chi connectivity index (χ4v) is 6.51. The quantitative estimate of drug-likeness (QED) is 0.403. The van der Waals surface area contributed by atoms with Crippen LogP contribution in [0.5, 0.6) is 5.75 Å². The number of rotatable bonds is 13. The Morgan fingerprint density at radius 3 is 2.49 bits per heavy atom. The van der Waals surface area contributed by atoms with Gasteiger partial charge in [0, 0.05) is 56.5 Å². The molecule has 3 atom stereocenters. The van der Waals surface area contributed by atoms with Crippen molar-refractivity contribution in [2.45, 2.75) is 84.6 Å². The van der Waals surface area contributed by atoms with Crippen LogP contribution in [0.3, 0.4) is 0 Å². The van der Waals surface area contributed by atoms with E-state index in [9.17, 15) is 19.5 Å². The Morgan fingerprint density at radius 1 is 1.15 bits per heavy atom. The molecule has 1 unspecified atom stereocenters. The molecule has 0 aromatic heterocycles. The zero-order valence-electron chi connectivity index (χ0n) is 24.3. The largest absolute Gasteiger partial charge is 0.493 e. The first-order chi connectivity index (χ1) is 18.7. The lowest BCUT2D eigenvalue weighted by Crippen LogP contribution is -2.46. The molecule has 3 heterocycles. The summed E-state index contributed by atoms with van der Waals surface area (Å²) in [4.78, 5) is 45.3. The predicted octanol–water partition coefficient (Wildman–Crippen LogP) is 4.17. The van der Waals surface area contributed by atoms with Gasteiger partial charge in [-0.15, -0.1) is 0 Å². The number of ether oxygens (including phenoxy) is 1. The molecule has 0 spiro atoms. The van der Waals surface area contributed by atoms with Crippen molar-refractivity contribution in [1.29, 1.82) is 0 Å². The Morgan fingerprint density at radius 2 is 1.87 bits per heavy atom. The normalized spacial score (nSPS) is 24.2. The molecule has 4 rings (SSSR count). The number of hydrogen-bond donors (Lipinski definition) is 1. The van der Waals surface area contributed by atoms with E-state index in [4.69, 9.17) is 4.74 Å². The standard InChI is InChI=1S/C31H47N3O5/c1-5-7-14-32(15-8-6-2)27(35)21-34-20-24(22-9-10-26-23(19-22)12-18-39-26)28(29(36)37)25(34)11-16-33-17-13-31(3,4)30(33)38/h9-10,19,24-25,28H,5-8,11-18,20-21H2,1-4H3,(H,36,37)/t24-,25+,28?/m1/s1. The van der Waals surface area contributed by atoms with Crippen LogP contribution in [0.1, 0.15) is 83.3 Å². The molecule has 2 fully saturated rings. The maximum Gasteiger partial charge on any atom is 0.308 e. The fraction of sp³-hybridized carbons (Fsp3) is 0.710. The molecule has 0 saturated carbocycles. The summed E-state index contributed by atoms with van der Waals surface area (Å²) in [5.41, 5.74) is 1.75. The van der Waals surface area contributed by atoms with Crippen molar-refractivity contribution < 1.29 is 24.2 Å². The second-order valence-electron chi connectivity index (χ2n) is 12.2. The number of unbranched alkanes of at least 4 members (excludes halogenated alkanes) is 2. The molecule has 8 nitrogen and oxygen atoms in total. The molecule has 8 heteroatoms. The van der Waals surface area contributed by atoms with Crippen LogP contribution in [0.25, 0.3) is 0 Å². The summed E-state index contributed by atoms with van der Waals surface area (Å²) in [5.74, 6) is -0.619. The fourth-order valence-electron chi connectivity index (χ4n) is 6.51. The third-order valence-electron chi connectivity index (χ3n) is 9.00. The second kappa shape index (κ2) is 12.7. The van der Waals surface area contributed by atoms with Crippen LogP contribution in [0.4, 0.5) is 0 Å². The van der Waals surface area contributed by atoms with Crippen molar-refractivity contribution in [3.8, 4) is 5.75 Å². The monoisotopic (exact) mass is 541 g/mol. The van der Waals surface area contributed by atoms with Crippen molar-refractivity contribution in [2.75, 3.05) is 45.9 Å². The highest BCUT2D eigenvalue weighted by molar-refractivity contribution is 5.84. The Balaban J connectivity index is 1.58. The maximum absolute atomic E-state index is 13.6. The summed E-state index contributed by atoms with van der Waals surface area (Å²) in [6.45, 7) is 12.3. The second-order valence-corrected chi connectivity index (χ2v) is 12.2. The predicted molar refractivity (Wildman–Crippen MR) is 151 cm³/mol. The van der Waals surface area contributed by atoms with Crippen LogP contribution in [-0.2, 0) is 20.8 Å². The molecule has 39 heavy (non-hydrogen) atoms. The maximum atomic E-state index is 13.6. The Bertz CT molecular complexity index is 1030. The molecule has 1 aromatic carbocycles. The molecule has 3 aliphatic heterocycles. The summed E-state index contributed by atoms with van der Waals surface area (Å²) >= 11 is 0. The van der Waals surface area contributed by atoms with Gasteiger partial charge in [0.1, 0.15) is 5.75 Å². The smallest absolute Gasteiger partial charge is 0.308 e. The van der Waals surface area contributed by atoms with Crippen molar-refractivity contribution >= 4 is 17.8 Å². The van der Waals surface area contributed by atoms with Crippen LogP contribution in [0, 0.1) is 11.3 Å². The highest BCUT2D eigenvalue weighted by Crippen LogP contribution is 2.41. The van der Waals surface area contributed by atoms with Crippen LogP contribution >= 0.6 is 0 Å². The minimum absolute atomic E-state index is 0.0763. The van der Waals surface area contributed by atoms with Crippen molar-refractivity contribution in [3.05, 3.63) is 29.3 Å². The third-order valence-corrected chi connectivity index (χ3v) is 9.00. The van der Waals surface area contributed by atoms with Crippen molar-refractivity contribution in [2.24, 2.45) is 11.3 Å². The van der Waals surface area contributed by atoms with Gasteiger partial charge in [0.25, 0.3) is 0 Å². The van der Waals surface area contributed by atoms with Gasteiger partial charge in [-0.2, -0.15) is 0 Å². The van der Waals surface area contributed by atoms with Gasteiger partial charge in [-0.3, -0.25) is 19.3 Å². The first-order valence-corrected chi connectivity index (χ1v) is 15.0. The molecule has 1 aromatic rings. The third kappa shape index (κ3) is 6.59. The van der Waals surface area contributed by atoms with E-state index in [2.05, 4.69) is 24.8 Å². The van der Waals surface area contributed by atoms with Crippen molar-refractivity contribution in [3.63, 3.8) is 0 Å². The highest BCUT2D eigenvalue weighted by atomic mass is 16.5. The number of likely N-dealkylation sites (tertiary alicyclic amines) is 2. The lowest BCUT2D eigenvalue weighted by molar-refractivity contribution is -0.144. The van der Waals surface area contributed by atoms with Gasteiger partial charge in [-0.05, 0) is 42.9 Å². The van der Waals surface area contributed by atoms with Crippen LogP contribution in [0.15, 0.2) is 18.2 Å². The van der Waals surface area contributed by atoms with Crippen LogP contribution < -0.4 is 4.74 Å². The molecule has 2 saturated heterocycles. The molecule has 0 radical (unpaired) electrons. The van der Waals surface area contributed by atoms with Gasteiger partial charge in [0.2, 0.25) is 11.8 Å².